The number of ether oxygens (including phenoxy) is 1. The number of piperidine rings is 1. The zero-order valence-corrected chi connectivity index (χ0v) is 16.7. The molecule has 2 aromatic carbocycles. The number of nitrogens with one attached hydrogen (secondary N) is 2. The summed E-state index contributed by atoms with van der Waals surface area (Å²) < 4.78 is 32.0. The number of amides is 2. The van der Waals surface area contributed by atoms with Gasteiger partial charge in [0.1, 0.15) is 5.75 Å². The summed E-state index contributed by atoms with van der Waals surface area (Å²) in [6.07, 6.45) is 2.89. The van der Waals surface area contributed by atoms with Crippen LogP contribution in [0.5, 0.6) is 5.75 Å². The number of methoxy groups -OCH3 is 1. The molecule has 0 aromatic heterocycles. The molecule has 28 heavy (non-hydrogen) atoms. The molecule has 2 aromatic rings. The number of benzene rings is 2. The Balaban J connectivity index is 1.56. The molecule has 1 aliphatic rings. The van der Waals surface area contributed by atoms with E-state index in [0.29, 0.717) is 36.0 Å². The number of carbonyl (C=O) groups excluding carboxylic acids is 1. The SMILES string of the molecule is COc1cccc(NC(=O)NCc2ccc(S(=O)(=O)N3CCCCC3)cc2)c1. The Morgan fingerprint density at radius 3 is 2.46 bits per heavy atom. The largest absolute Gasteiger partial charge is 0.497 e. The lowest BCUT2D eigenvalue weighted by molar-refractivity contribution is 0.251. The molecule has 1 fully saturated rings. The number of hydrogen-bond donors (Lipinski definition) is 2. The summed E-state index contributed by atoms with van der Waals surface area (Å²) in [5, 5.41) is 5.49. The van der Waals surface area contributed by atoms with E-state index in [4.69, 9.17) is 4.74 Å². The van der Waals surface area contributed by atoms with E-state index in [0.717, 1.165) is 24.8 Å². The van der Waals surface area contributed by atoms with E-state index in [2.05, 4.69) is 10.6 Å². The molecule has 1 heterocycles. The average molecular weight is 404 g/mol. The van der Waals surface area contributed by atoms with Gasteiger partial charge in [0.15, 0.2) is 0 Å². The van der Waals surface area contributed by atoms with Gasteiger partial charge in [-0.1, -0.05) is 24.6 Å². The molecule has 0 radical (unpaired) electrons. The first-order valence-electron chi connectivity index (χ1n) is 9.27. The Bertz CT molecular complexity index is 907. The zero-order valence-electron chi connectivity index (χ0n) is 15.8. The highest BCUT2D eigenvalue weighted by atomic mass is 32.2. The number of rotatable bonds is 6. The van der Waals surface area contributed by atoms with Gasteiger partial charge in [0, 0.05) is 31.4 Å². The Hall–Kier alpha value is -2.58. The molecule has 0 atom stereocenters. The molecule has 1 aliphatic heterocycles. The van der Waals surface area contributed by atoms with Crippen LogP contribution in [0, 0.1) is 0 Å². The van der Waals surface area contributed by atoms with Crippen LogP contribution in [0.4, 0.5) is 10.5 Å². The van der Waals surface area contributed by atoms with E-state index in [1.54, 1.807) is 59.9 Å². The molecule has 0 aliphatic carbocycles. The second-order valence-corrected chi connectivity index (χ2v) is 8.59. The van der Waals surface area contributed by atoms with Gasteiger partial charge in [-0.05, 0) is 42.7 Å². The molecule has 0 unspecified atom stereocenters. The van der Waals surface area contributed by atoms with Crippen molar-refractivity contribution in [1.29, 1.82) is 0 Å². The topological polar surface area (TPSA) is 87.7 Å². The van der Waals surface area contributed by atoms with Gasteiger partial charge in [-0.15, -0.1) is 0 Å². The van der Waals surface area contributed by atoms with Gasteiger partial charge >= 0.3 is 6.03 Å². The molecule has 2 N–H and O–H groups in total. The maximum absolute atomic E-state index is 12.7. The fraction of sp³-hybridized carbons (Fsp3) is 0.350. The van der Waals surface area contributed by atoms with Crippen molar-refractivity contribution in [1.82, 2.24) is 9.62 Å². The molecule has 7 nitrogen and oxygen atoms in total. The van der Waals surface area contributed by atoms with Crippen molar-refractivity contribution in [3.05, 3.63) is 54.1 Å². The van der Waals surface area contributed by atoms with Crippen LogP contribution in [0.15, 0.2) is 53.4 Å². The fourth-order valence-corrected chi connectivity index (χ4v) is 4.61. The average Bonchev–Trinajstić information content (AvgIpc) is 2.73. The van der Waals surface area contributed by atoms with Crippen LogP contribution in [0.1, 0.15) is 24.8 Å². The maximum atomic E-state index is 12.7. The molecular formula is C20H25N3O4S. The smallest absolute Gasteiger partial charge is 0.319 e. The van der Waals surface area contributed by atoms with Crippen LogP contribution in [0.25, 0.3) is 0 Å². The molecular weight excluding hydrogens is 378 g/mol. The van der Waals surface area contributed by atoms with Gasteiger partial charge in [-0.2, -0.15) is 4.31 Å². The highest BCUT2D eigenvalue weighted by Gasteiger charge is 2.25. The van der Waals surface area contributed by atoms with E-state index in [1.807, 2.05) is 0 Å². The van der Waals surface area contributed by atoms with E-state index in [9.17, 15) is 13.2 Å². The van der Waals surface area contributed by atoms with E-state index in [-0.39, 0.29) is 6.03 Å². The lowest BCUT2D eigenvalue weighted by atomic mass is 10.2. The monoisotopic (exact) mass is 403 g/mol. The van der Waals surface area contributed by atoms with Crippen molar-refractivity contribution in [3.63, 3.8) is 0 Å². The minimum Gasteiger partial charge on any atom is -0.497 e. The number of nitrogens with zero attached hydrogens (tertiary/aromatic N) is 1. The predicted molar refractivity (Wildman–Crippen MR) is 108 cm³/mol. The zero-order chi connectivity index (χ0) is 20.0. The fourth-order valence-electron chi connectivity index (χ4n) is 3.09. The molecule has 0 bridgehead atoms. The van der Waals surface area contributed by atoms with Crippen molar-refractivity contribution in [2.75, 3.05) is 25.5 Å². The molecule has 150 valence electrons. The van der Waals surface area contributed by atoms with Gasteiger partial charge < -0.3 is 15.4 Å². The van der Waals surface area contributed by atoms with E-state index < -0.39 is 10.0 Å². The number of carbonyl (C=O) groups is 1. The van der Waals surface area contributed by atoms with Gasteiger partial charge in [0.25, 0.3) is 0 Å². The van der Waals surface area contributed by atoms with Crippen LogP contribution in [0.3, 0.4) is 0 Å². The second-order valence-electron chi connectivity index (χ2n) is 6.65. The number of sulfonamides is 1. The van der Waals surface area contributed by atoms with Gasteiger partial charge in [0.05, 0.1) is 12.0 Å². The molecule has 2 amide bonds. The first kappa shape index (κ1) is 20.2. The normalized spacial score (nSPS) is 15.0. The first-order valence-corrected chi connectivity index (χ1v) is 10.7. The van der Waals surface area contributed by atoms with Gasteiger partial charge in [0.2, 0.25) is 10.0 Å². The summed E-state index contributed by atoms with van der Waals surface area (Å²) in [6.45, 7) is 1.45. The number of urea groups is 1. The minimum absolute atomic E-state index is 0.291. The van der Waals surface area contributed by atoms with Gasteiger partial charge in [-0.3, -0.25) is 0 Å². The summed E-state index contributed by atoms with van der Waals surface area (Å²) in [6, 6.07) is 13.4. The summed E-state index contributed by atoms with van der Waals surface area (Å²) >= 11 is 0. The maximum Gasteiger partial charge on any atom is 0.319 e. The van der Waals surface area contributed by atoms with Gasteiger partial charge in [-0.25, -0.2) is 13.2 Å². The van der Waals surface area contributed by atoms with E-state index in [1.165, 1.54) is 0 Å². The lowest BCUT2D eigenvalue weighted by Gasteiger charge is -2.25. The third-order valence-electron chi connectivity index (χ3n) is 4.66. The lowest BCUT2D eigenvalue weighted by Crippen LogP contribution is -2.35. The number of anilines is 1. The molecule has 0 saturated carbocycles. The Morgan fingerprint density at radius 2 is 1.79 bits per heavy atom. The third-order valence-corrected chi connectivity index (χ3v) is 6.57. The van der Waals surface area contributed by atoms with Crippen molar-refractivity contribution in [3.8, 4) is 5.75 Å². The molecule has 0 spiro atoms. The second kappa shape index (κ2) is 9.07. The summed E-state index contributed by atoms with van der Waals surface area (Å²) in [5.41, 5.74) is 1.44. The van der Waals surface area contributed by atoms with Crippen molar-refractivity contribution in [2.45, 2.75) is 30.7 Å². The molecule has 8 heteroatoms. The summed E-state index contributed by atoms with van der Waals surface area (Å²) in [4.78, 5) is 12.3. The Morgan fingerprint density at radius 1 is 1.07 bits per heavy atom. The molecule has 3 rings (SSSR count). The standard InChI is InChI=1S/C20H25N3O4S/c1-27-18-7-5-6-17(14-18)22-20(24)21-15-16-8-10-19(11-9-16)28(25,26)23-12-3-2-4-13-23/h5-11,14H,2-4,12-13,15H2,1H3,(H2,21,22,24). The summed E-state index contributed by atoms with van der Waals surface area (Å²) in [5.74, 6) is 0.656. The highest BCUT2D eigenvalue weighted by molar-refractivity contribution is 7.89. The first-order chi connectivity index (χ1) is 13.5. The predicted octanol–water partition coefficient (Wildman–Crippen LogP) is 3.19. The van der Waals surface area contributed by atoms with Crippen LogP contribution in [-0.4, -0.2) is 39.0 Å². The van der Waals surface area contributed by atoms with Crippen molar-refractivity contribution in [2.24, 2.45) is 0 Å². The van der Waals surface area contributed by atoms with Crippen molar-refractivity contribution < 1.29 is 17.9 Å². The number of hydrogen-bond acceptors (Lipinski definition) is 4. The molecule has 1 saturated heterocycles. The van der Waals surface area contributed by atoms with Crippen LogP contribution in [-0.2, 0) is 16.6 Å². The Kier molecular flexibility index (Phi) is 6.53. The summed E-state index contributed by atoms with van der Waals surface area (Å²) in [7, 11) is -1.87. The van der Waals surface area contributed by atoms with Crippen molar-refractivity contribution >= 4 is 21.7 Å². The minimum atomic E-state index is -3.44. The third kappa shape index (κ3) is 5.02. The van der Waals surface area contributed by atoms with Crippen LogP contribution >= 0.6 is 0 Å². The highest BCUT2D eigenvalue weighted by Crippen LogP contribution is 2.21. The van der Waals surface area contributed by atoms with Crippen LogP contribution in [0.2, 0.25) is 0 Å². The Labute approximate surface area is 165 Å². The van der Waals surface area contributed by atoms with Crippen LogP contribution < -0.4 is 15.4 Å². The quantitative estimate of drug-likeness (QED) is 0.775. The van der Waals surface area contributed by atoms with E-state index >= 15 is 0 Å².